The third-order valence-electron chi connectivity index (χ3n) is 5.35. The third kappa shape index (κ3) is 4.00. The number of nitrogens with zero attached hydrogens (tertiary/aromatic N) is 1. The molecule has 3 atom stereocenters. The fraction of sp³-hybridized carbons (Fsp3) is 0.667. The summed E-state index contributed by atoms with van der Waals surface area (Å²) in [6.07, 6.45) is 6.34. The first-order chi connectivity index (χ1) is 9.96. The van der Waals surface area contributed by atoms with Crippen LogP contribution >= 0.6 is 11.6 Å². The van der Waals surface area contributed by atoms with Gasteiger partial charge in [-0.1, -0.05) is 43.5 Å². The molecule has 0 aliphatic heterocycles. The van der Waals surface area contributed by atoms with Gasteiger partial charge in [0.25, 0.3) is 0 Å². The summed E-state index contributed by atoms with van der Waals surface area (Å²) in [7, 11) is 2.26. The van der Waals surface area contributed by atoms with E-state index in [2.05, 4.69) is 37.9 Å². The van der Waals surface area contributed by atoms with Gasteiger partial charge in [0.15, 0.2) is 0 Å². The monoisotopic (exact) mass is 308 g/mol. The first kappa shape index (κ1) is 16.8. The SMILES string of the molecule is CC1CCCCC1N(C)C(C)(CN)Cc1ccc(Cl)cc1. The van der Waals surface area contributed by atoms with E-state index in [0.717, 1.165) is 17.4 Å². The molecular formula is C18H29ClN2. The fourth-order valence-corrected chi connectivity index (χ4v) is 3.78. The summed E-state index contributed by atoms with van der Waals surface area (Å²) < 4.78 is 0. The summed E-state index contributed by atoms with van der Waals surface area (Å²) >= 11 is 5.99. The molecule has 21 heavy (non-hydrogen) atoms. The Bertz CT molecular complexity index is 445. The second kappa shape index (κ2) is 7.13. The van der Waals surface area contributed by atoms with Gasteiger partial charge in [0.05, 0.1) is 0 Å². The minimum Gasteiger partial charge on any atom is -0.329 e. The number of likely N-dealkylation sites (N-methyl/N-ethyl adjacent to an activating group) is 1. The van der Waals surface area contributed by atoms with E-state index in [-0.39, 0.29) is 5.54 Å². The lowest BCUT2D eigenvalue weighted by atomic mass is 9.81. The predicted molar refractivity (Wildman–Crippen MR) is 91.8 cm³/mol. The molecule has 1 aromatic carbocycles. The van der Waals surface area contributed by atoms with Crippen molar-refractivity contribution in [3.63, 3.8) is 0 Å². The molecule has 0 saturated heterocycles. The summed E-state index contributed by atoms with van der Waals surface area (Å²) in [5.41, 5.74) is 7.48. The van der Waals surface area contributed by atoms with Crippen molar-refractivity contribution in [1.82, 2.24) is 4.90 Å². The van der Waals surface area contributed by atoms with Crippen LogP contribution in [0, 0.1) is 5.92 Å². The Morgan fingerprint density at radius 2 is 1.86 bits per heavy atom. The van der Waals surface area contributed by atoms with Gasteiger partial charge >= 0.3 is 0 Å². The summed E-state index contributed by atoms with van der Waals surface area (Å²) in [5.74, 6) is 0.764. The van der Waals surface area contributed by atoms with E-state index in [4.69, 9.17) is 17.3 Å². The molecule has 0 amide bonds. The van der Waals surface area contributed by atoms with E-state index in [1.54, 1.807) is 0 Å². The number of nitrogens with two attached hydrogens (primary N) is 1. The van der Waals surface area contributed by atoms with Crippen LogP contribution in [-0.4, -0.2) is 30.1 Å². The Balaban J connectivity index is 2.13. The smallest absolute Gasteiger partial charge is 0.0406 e. The molecule has 2 rings (SSSR count). The van der Waals surface area contributed by atoms with Gasteiger partial charge in [-0.2, -0.15) is 0 Å². The van der Waals surface area contributed by atoms with Crippen LogP contribution < -0.4 is 5.73 Å². The van der Waals surface area contributed by atoms with Crippen LogP contribution in [0.2, 0.25) is 5.02 Å². The van der Waals surface area contributed by atoms with Gasteiger partial charge in [-0.3, -0.25) is 4.90 Å². The van der Waals surface area contributed by atoms with Crippen molar-refractivity contribution in [2.75, 3.05) is 13.6 Å². The third-order valence-corrected chi connectivity index (χ3v) is 5.61. The van der Waals surface area contributed by atoms with Crippen LogP contribution in [0.3, 0.4) is 0 Å². The fourth-order valence-electron chi connectivity index (χ4n) is 3.66. The highest BCUT2D eigenvalue weighted by Crippen LogP contribution is 2.32. The maximum atomic E-state index is 6.17. The lowest BCUT2D eigenvalue weighted by Gasteiger charge is -2.47. The average molecular weight is 309 g/mol. The molecule has 1 fully saturated rings. The minimum absolute atomic E-state index is 0.00406. The van der Waals surface area contributed by atoms with E-state index in [0.29, 0.717) is 12.6 Å². The molecular weight excluding hydrogens is 280 g/mol. The standard InChI is InChI=1S/C18H29ClN2/c1-14-6-4-5-7-17(14)21(3)18(2,13-20)12-15-8-10-16(19)11-9-15/h8-11,14,17H,4-7,12-13,20H2,1-3H3. The van der Waals surface area contributed by atoms with Crippen LogP contribution in [0.25, 0.3) is 0 Å². The highest BCUT2D eigenvalue weighted by molar-refractivity contribution is 6.30. The van der Waals surface area contributed by atoms with E-state index in [1.165, 1.54) is 31.2 Å². The van der Waals surface area contributed by atoms with Gasteiger partial charge in [-0.25, -0.2) is 0 Å². The van der Waals surface area contributed by atoms with Crippen LogP contribution in [0.1, 0.15) is 45.1 Å². The first-order valence-corrected chi connectivity index (χ1v) is 8.51. The number of rotatable bonds is 5. The van der Waals surface area contributed by atoms with Gasteiger partial charge in [-0.15, -0.1) is 0 Å². The van der Waals surface area contributed by atoms with Gasteiger partial charge in [0.2, 0.25) is 0 Å². The van der Waals surface area contributed by atoms with Crippen molar-refractivity contribution < 1.29 is 0 Å². The van der Waals surface area contributed by atoms with E-state index in [9.17, 15) is 0 Å². The summed E-state index contributed by atoms with van der Waals surface area (Å²) in [4.78, 5) is 2.55. The van der Waals surface area contributed by atoms with Crippen molar-refractivity contribution in [3.8, 4) is 0 Å². The largest absolute Gasteiger partial charge is 0.329 e. The quantitative estimate of drug-likeness (QED) is 0.887. The molecule has 0 aromatic heterocycles. The number of benzene rings is 1. The molecule has 1 saturated carbocycles. The van der Waals surface area contributed by atoms with Crippen LogP contribution in [0.15, 0.2) is 24.3 Å². The number of halogens is 1. The van der Waals surface area contributed by atoms with Crippen molar-refractivity contribution in [2.24, 2.45) is 11.7 Å². The lowest BCUT2D eigenvalue weighted by molar-refractivity contribution is 0.0422. The molecule has 2 N–H and O–H groups in total. The highest BCUT2D eigenvalue weighted by atomic mass is 35.5. The van der Waals surface area contributed by atoms with E-state index >= 15 is 0 Å². The topological polar surface area (TPSA) is 29.3 Å². The maximum absolute atomic E-state index is 6.17. The first-order valence-electron chi connectivity index (χ1n) is 8.14. The Kier molecular flexibility index (Phi) is 5.70. The van der Waals surface area contributed by atoms with E-state index < -0.39 is 0 Å². The van der Waals surface area contributed by atoms with Crippen molar-refractivity contribution in [3.05, 3.63) is 34.9 Å². The van der Waals surface area contributed by atoms with E-state index in [1.807, 2.05) is 12.1 Å². The second-order valence-corrected chi connectivity index (χ2v) is 7.38. The van der Waals surface area contributed by atoms with Crippen LogP contribution in [-0.2, 0) is 6.42 Å². The molecule has 0 bridgehead atoms. The molecule has 1 aliphatic rings. The zero-order valence-electron chi connectivity index (χ0n) is 13.6. The molecule has 0 spiro atoms. The second-order valence-electron chi connectivity index (χ2n) is 6.94. The molecule has 1 aliphatic carbocycles. The highest BCUT2D eigenvalue weighted by Gasteiger charge is 2.36. The molecule has 118 valence electrons. The molecule has 0 heterocycles. The van der Waals surface area contributed by atoms with Gasteiger partial charge < -0.3 is 5.73 Å². The summed E-state index contributed by atoms with van der Waals surface area (Å²) in [6.45, 7) is 5.36. The predicted octanol–water partition coefficient (Wildman–Crippen LogP) is 4.11. The lowest BCUT2D eigenvalue weighted by Crippen LogP contribution is -2.57. The maximum Gasteiger partial charge on any atom is 0.0406 e. The minimum atomic E-state index is 0.00406. The molecule has 3 heteroatoms. The summed E-state index contributed by atoms with van der Waals surface area (Å²) in [5, 5.41) is 0.794. The number of hydrogen-bond donors (Lipinski definition) is 1. The van der Waals surface area contributed by atoms with Crippen molar-refractivity contribution in [1.29, 1.82) is 0 Å². The Hall–Kier alpha value is -0.570. The Labute approximate surface area is 134 Å². The zero-order chi connectivity index (χ0) is 15.5. The van der Waals surface area contributed by atoms with Gasteiger partial charge in [0, 0.05) is 23.1 Å². The van der Waals surface area contributed by atoms with Gasteiger partial charge in [-0.05, 0) is 56.8 Å². The van der Waals surface area contributed by atoms with Gasteiger partial charge in [0.1, 0.15) is 0 Å². The number of hydrogen-bond acceptors (Lipinski definition) is 2. The summed E-state index contributed by atoms with van der Waals surface area (Å²) in [6, 6.07) is 8.83. The zero-order valence-corrected chi connectivity index (χ0v) is 14.4. The van der Waals surface area contributed by atoms with Crippen molar-refractivity contribution in [2.45, 2.75) is 57.5 Å². The van der Waals surface area contributed by atoms with Crippen molar-refractivity contribution >= 4 is 11.6 Å². The average Bonchev–Trinajstić information content (AvgIpc) is 2.49. The Morgan fingerprint density at radius 1 is 1.24 bits per heavy atom. The Morgan fingerprint density at radius 3 is 2.43 bits per heavy atom. The molecule has 0 radical (unpaired) electrons. The molecule has 1 aromatic rings. The van der Waals surface area contributed by atoms with Crippen LogP contribution in [0.5, 0.6) is 0 Å². The molecule has 2 nitrogen and oxygen atoms in total. The molecule has 3 unspecified atom stereocenters. The normalized spacial score (nSPS) is 25.8. The van der Waals surface area contributed by atoms with Crippen LogP contribution in [0.4, 0.5) is 0 Å².